The Morgan fingerprint density at radius 2 is 2.10 bits per heavy atom. The van der Waals surface area contributed by atoms with Gasteiger partial charge in [0.2, 0.25) is 0 Å². The summed E-state index contributed by atoms with van der Waals surface area (Å²) in [7, 11) is 1.64. The van der Waals surface area contributed by atoms with Crippen molar-refractivity contribution in [3.63, 3.8) is 0 Å². The highest BCUT2D eigenvalue weighted by Gasteiger charge is 2.13. The highest BCUT2D eigenvalue weighted by atomic mass is 79.9. The maximum atomic E-state index is 6.19. The summed E-state index contributed by atoms with van der Waals surface area (Å²) in [6.07, 6.45) is 0. The first-order chi connectivity index (χ1) is 10.1. The van der Waals surface area contributed by atoms with Gasteiger partial charge in [-0.3, -0.25) is 0 Å². The van der Waals surface area contributed by atoms with Crippen molar-refractivity contribution in [2.75, 3.05) is 19.0 Å². The SMILES string of the molecule is CCNc1nc(-c2ccc(C)c(Cl)c2)nc(COC)c1Br. The van der Waals surface area contributed by atoms with Crippen LogP contribution in [0.25, 0.3) is 11.4 Å². The van der Waals surface area contributed by atoms with Gasteiger partial charge in [-0.15, -0.1) is 0 Å². The summed E-state index contributed by atoms with van der Waals surface area (Å²) >= 11 is 9.71. The van der Waals surface area contributed by atoms with Crippen molar-refractivity contribution in [1.29, 1.82) is 0 Å². The van der Waals surface area contributed by atoms with Crippen molar-refractivity contribution in [1.82, 2.24) is 9.97 Å². The molecule has 0 saturated heterocycles. The van der Waals surface area contributed by atoms with Gasteiger partial charge < -0.3 is 10.1 Å². The number of hydrogen-bond donors (Lipinski definition) is 1. The minimum atomic E-state index is 0.411. The number of aromatic nitrogens is 2. The Bertz CT molecular complexity index is 622. The predicted molar refractivity (Wildman–Crippen MR) is 89.8 cm³/mol. The number of nitrogens with one attached hydrogen (secondary N) is 1. The summed E-state index contributed by atoms with van der Waals surface area (Å²) in [5.41, 5.74) is 2.71. The van der Waals surface area contributed by atoms with E-state index in [0.29, 0.717) is 17.5 Å². The molecule has 0 aliphatic carbocycles. The van der Waals surface area contributed by atoms with E-state index in [9.17, 15) is 0 Å². The van der Waals surface area contributed by atoms with E-state index >= 15 is 0 Å². The van der Waals surface area contributed by atoms with E-state index in [0.717, 1.165) is 33.7 Å². The monoisotopic (exact) mass is 369 g/mol. The Morgan fingerprint density at radius 1 is 1.33 bits per heavy atom. The second-order valence-electron chi connectivity index (χ2n) is 4.58. The molecule has 0 unspecified atom stereocenters. The molecule has 0 aliphatic rings. The minimum Gasteiger partial charge on any atom is -0.378 e. The molecular weight excluding hydrogens is 354 g/mol. The van der Waals surface area contributed by atoms with Crippen LogP contribution in [0.15, 0.2) is 22.7 Å². The van der Waals surface area contributed by atoms with Crippen molar-refractivity contribution in [3.05, 3.63) is 39.0 Å². The van der Waals surface area contributed by atoms with Crippen molar-refractivity contribution >= 4 is 33.3 Å². The lowest BCUT2D eigenvalue weighted by Crippen LogP contribution is -2.07. The third kappa shape index (κ3) is 3.73. The van der Waals surface area contributed by atoms with Gasteiger partial charge in [0.1, 0.15) is 5.82 Å². The summed E-state index contributed by atoms with van der Waals surface area (Å²) < 4.78 is 6.03. The highest BCUT2D eigenvalue weighted by molar-refractivity contribution is 9.10. The zero-order valence-electron chi connectivity index (χ0n) is 12.2. The van der Waals surface area contributed by atoms with Crippen LogP contribution in [0.5, 0.6) is 0 Å². The molecule has 2 aromatic rings. The molecule has 0 saturated carbocycles. The van der Waals surface area contributed by atoms with E-state index in [1.165, 1.54) is 0 Å². The summed E-state index contributed by atoms with van der Waals surface area (Å²) in [5.74, 6) is 1.38. The van der Waals surface area contributed by atoms with Gasteiger partial charge in [-0.25, -0.2) is 9.97 Å². The van der Waals surface area contributed by atoms with E-state index in [1.807, 2.05) is 32.0 Å². The maximum Gasteiger partial charge on any atom is 0.161 e. The first kappa shape index (κ1) is 16.2. The molecule has 1 N–H and O–H groups in total. The molecule has 0 spiro atoms. The molecule has 1 heterocycles. The summed E-state index contributed by atoms with van der Waals surface area (Å²) in [6.45, 7) is 5.17. The fourth-order valence-corrected chi connectivity index (χ4v) is 2.48. The van der Waals surface area contributed by atoms with Crippen LogP contribution in [0.1, 0.15) is 18.2 Å². The van der Waals surface area contributed by atoms with Crippen molar-refractivity contribution in [2.24, 2.45) is 0 Å². The highest BCUT2D eigenvalue weighted by Crippen LogP contribution is 2.29. The fourth-order valence-electron chi connectivity index (χ4n) is 1.87. The molecule has 21 heavy (non-hydrogen) atoms. The zero-order chi connectivity index (χ0) is 15.4. The largest absolute Gasteiger partial charge is 0.378 e. The van der Waals surface area contributed by atoms with E-state index < -0.39 is 0 Å². The van der Waals surface area contributed by atoms with E-state index in [2.05, 4.69) is 31.2 Å². The van der Waals surface area contributed by atoms with Gasteiger partial charge in [-0.1, -0.05) is 23.7 Å². The summed E-state index contributed by atoms with van der Waals surface area (Å²) in [4.78, 5) is 9.13. The van der Waals surface area contributed by atoms with Crippen LogP contribution in [0.4, 0.5) is 5.82 Å². The van der Waals surface area contributed by atoms with Crippen LogP contribution in [0.2, 0.25) is 5.02 Å². The molecule has 0 atom stereocenters. The van der Waals surface area contributed by atoms with Gasteiger partial charge in [-0.05, 0) is 41.4 Å². The normalized spacial score (nSPS) is 10.7. The lowest BCUT2D eigenvalue weighted by atomic mass is 10.1. The third-order valence-electron chi connectivity index (χ3n) is 2.98. The lowest BCUT2D eigenvalue weighted by Gasteiger charge is -2.12. The Morgan fingerprint density at radius 3 is 2.71 bits per heavy atom. The number of ether oxygens (including phenoxy) is 1. The summed E-state index contributed by atoms with van der Waals surface area (Å²) in [5, 5.41) is 3.93. The molecule has 1 aromatic carbocycles. The number of nitrogens with zero attached hydrogens (tertiary/aromatic N) is 2. The number of anilines is 1. The number of benzene rings is 1. The van der Waals surface area contributed by atoms with Gasteiger partial charge in [0.05, 0.1) is 16.8 Å². The van der Waals surface area contributed by atoms with Crippen molar-refractivity contribution in [2.45, 2.75) is 20.5 Å². The first-order valence-corrected chi connectivity index (χ1v) is 7.79. The van der Waals surface area contributed by atoms with Crippen LogP contribution in [-0.4, -0.2) is 23.6 Å². The van der Waals surface area contributed by atoms with Gasteiger partial charge in [0, 0.05) is 24.2 Å². The Balaban J connectivity index is 2.53. The van der Waals surface area contributed by atoms with Gasteiger partial charge >= 0.3 is 0 Å². The second kappa shape index (κ2) is 7.20. The minimum absolute atomic E-state index is 0.411. The standard InChI is InChI=1S/C15H17BrClN3O/c1-4-18-15-13(16)12(8-21-3)19-14(20-15)10-6-5-9(2)11(17)7-10/h5-7H,4,8H2,1-3H3,(H,18,19,20). The van der Waals surface area contributed by atoms with E-state index in [4.69, 9.17) is 16.3 Å². The molecule has 0 amide bonds. The Kier molecular flexibility index (Phi) is 5.56. The average molecular weight is 371 g/mol. The smallest absolute Gasteiger partial charge is 0.161 e. The Hall–Kier alpha value is -1.17. The van der Waals surface area contributed by atoms with E-state index in [-0.39, 0.29) is 0 Å². The number of methoxy groups -OCH3 is 1. The number of hydrogen-bond acceptors (Lipinski definition) is 4. The van der Waals surface area contributed by atoms with Crippen LogP contribution in [0, 0.1) is 6.92 Å². The van der Waals surface area contributed by atoms with E-state index in [1.54, 1.807) is 7.11 Å². The predicted octanol–water partition coefficient (Wildman–Crippen LogP) is 4.45. The van der Waals surface area contributed by atoms with Crippen LogP contribution in [-0.2, 0) is 11.3 Å². The van der Waals surface area contributed by atoms with Crippen molar-refractivity contribution in [3.8, 4) is 11.4 Å². The topological polar surface area (TPSA) is 47.0 Å². The number of aryl methyl sites for hydroxylation is 1. The van der Waals surface area contributed by atoms with Crippen LogP contribution >= 0.6 is 27.5 Å². The van der Waals surface area contributed by atoms with Gasteiger partial charge in [-0.2, -0.15) is 0 Å². The molecular formula is C15H17BrClN3O. The maximum absolute atomic E-state index is 6.19. The molecule has 112 valence electrons. The molecule has 0 radical (unpaired) electrons. The molecule has 0 bridgehead atoms. The third-order valence-corrected chi connectivity index (χ3v) is 4.22. The van der Waals surface area contributed by atoms with Crippen LogP contribution in [0.3, 0.4) is 0 Å². The molecule has 2 rings (SSSR count). The quantitative estimate of drug-likeness (QED) is 0.845. The fraction of sp³-hybridized carbons (Fsp3) is 0.333. The molecule has 1 aromatic heterocycles. The molecule has 6 heteroatoms. The molecule has 4 nitrogen and oxygen atoms in total. The summed E-state index contributed by atoms with van der Waals surface area (Å²) in [6, 6.07) is 5.81. The average Bonchev–Trinajstić information content (AvgIpc) is 2.46. The number of halogens is 2. The Labute approximate surface area is 138 Å². The van der Waals surface area contributed by atoms with Crippen LogP contribution < -0.4 is 5.32 Å². The zero-order valence-corrected chi connectivity index (χ0v) is 14.5. The second-order valence-corrected chi connectivity index (χ2v) is 5.78. The first-order valence-electron chi connectivity index (χ1n) is 6.62. The molecule has 0 aliphatic heterocycles. The number of rotatable bonds is 5. The van der Waals surface area contributed by atoms with Gasteiger partial charge in [0.25, 0.3) is 0 Å². The van der Waals surface area contributed by atoms with Crippen molar-refractivity contribution < 1.29 is 4.74 Å². The molecule has 0 fully saturated rings. The van der Waals surface area contributed by atoms with Gasteiger partial charge in [0.15, 0.2) is 5.82 Å². The lowest BCUT2D eigenvalue weighted by molar-refractivity contribution is 0.181.